The molecule has 1 fully saturated rings. The van der Waals surface area contributed by atoms with Gasteiger partial charge >= 0.3 is 0 Å². The standard InChI is InChI=1S/C21H13BrFNO3S/c22-15-7-5-13(6-8-15)18-10-9-16(27-18)11-19-20(25)24(21(26)28-19)12-14-3-1-2-4-17(14)23/h1-11H,12H2/b19-11+. The number of benzene rings is 2. The Morgan fingerprint density at radius 1 is 1.04 bits per heavy atom. The molecule has 2 aromatic carbocycles. The third-order valence-corrected chi connectivity index (χ3v) is 5.62. The fourth-order valence-electron chi connectivity index (χ4n) is 2.76. The largest absolute Gasteiger partial charge is 0.457 e. The first-order valence-corrected chi connectivity index (χ1v) is 9.97. The Hall–Kier alpha value is -2.64. The molecule has 0 atom stereocenters. The third kappa shape index (κ3) is 3.81. The predicted molar refractivity (Wildman–Crippen MR) is 110 cm³/mol. The van der Waals surface area contributed by atoms with Gasteiger partial charge in [-0.1, -0.05) is 46.3 Å². The van der Waals surface area contributed by atoms with Crippen molar-refractivity contribution in [3.8, 4) is 11.3 Å². The highest BCUT2D eigenvalue weighted by Gasteiger charge is 2.35. The normalized spacial score (nSPS) is 15.6. The highest BCUT2D eigenvalue weighted by molar-refractivity contribution is 9.10. The summed E-state index contributed by atoms with van der Waals surface area (Å²) in [4.78, 5) is 26.1. The molecule has 1 aliphatic rings. The van der Waals surface area contributed by atoms with Gasteiger partial charge in [0.05, 0.1) is 11.4 Å². The summed E-state index contributed by atoms with van der Waals surface area (Å²) in [6.07, 6.45) is 1.54. The second-order valence-corrected chi connectivity index (χ2v) is 7.98. The van der Waals surface area contributed by atoms with E-state index in [1.165, 1.54) is 12.1 Å². The average Bonchev–Trinajstić information content (AvgIpc) is 3.24. The highest BCUT2D eigenvalue weighted by atomic mass is 79.9. The fraction of sp³-hybridized carbons (Fsp3) is 0.0476. The van der Waals surface area contributed by atoms with E-state index in [9.17, 15) is 14.0 Å². The van der Waals surface area contributed by atoms with Gasteiger partial charge < -0.3 is 4.42 Å². The molecule has 0 N–H and O–H groups in total. The smallest absolute Gasteiger partial charge is 0.293 e. The van der Waals surface area contributed by atoms with Crippen LogP contribution >= 0.6 is 27.7 Å². The van der Waals surface area contributed by atoms with E-state index >= 15 is 0 Å². The molecule has 4 rings (SSSR count). The summed E-state index contributed by atoms with van der Waals surface area (Å²) < 4.78 is 20.6. The van der Waals surface area contributed by atoms with Crippen LogP contribution in [0.25, 0.3) is 17.4 Å². The molecule has 140 valence electrons. The molecule has 4 nitrogen and oxygen atoms in total. The number of carbonyl (C=O) groups is 2. The highest BCUT2D eigenvalue weighted by Crippen LogP contribution is 2.34. The number of halogens is 2. The molecular formula is C21H13BrFNO3S. The lowest BCUT2D eigenvalue weighted by molar-refractivity contribution is -0.123. The maximum Gasteiger partial charge on any atom is 0.293 e. The van der Waals surface area contributed by atoms with Gasteiger partial charge in [-0.3, -0.25) is 14.5 Å². The average molecular weight is 458 g/mol. The van der Waals surface area contributed by atoms with Crippen molar-refractivity contribution in [3.05, 3.63) is 87.2 Å². The second kappa shape index (κ2) is 7.77. The van der Waals surface area contributed by atoms with Crippen LogP contribution in [0.1, 0.15) is 11.3 Å². The molecule has 2 amide bonds. The zero-order valence-corrected chi connectivity index (χ0v) is 16.8. The first-order valence-electron chi connectivity index (χ1n) is 8.36. The third-order valence-electron chi connectivity index (χ3n) is 4.19. The molecule has 3 aromatic rings. The van der Waals surface area contributed by atoms with E-state index < -0.39 is 17.0 Å². The predicted octanol–water partition coefficient (Wildman–Crippen LogP) is 6.08. The van der Waals surface area contributed by atoms with Crippen molar-refractivity contribution in [2.45, 2.75) is 6.54 Å². The number of amides is 2. The molecule has 0 bridgehead atoms. The first kappa shape index (κ1) is 18.7. The van der Waals surface area contributed by atoms with Crippen molar-refractivity contribution in [1.29, 1.82) is 0 Å². The van der Waals surface area contributed by atoms with E-state index in [1.54, 1.807) is 30.3 Å². The van der Waals surface area contributed by atoms with E-state index in [1.807, 2.05) is 24.3 Å². The van der Waals surface area contributed by atoms with Crippen LogP contribution in [0.3, 0.4) is 0 Å². The molecule has 0 unspecified atom stereocenters. The minimum atomic E-state index is -0.458. The number of furan rings is 1. The first-order chi connectivity index (χ1) is 13.5. The Bertz CT molecular complexity index is 1090. The summed E-state index contributed by atoms with van der Waals surface area (Å²) in [6.45, 7) is -0.100. The second-order valence-electron chi connectivity index (χ2n) is 6.07. The number of nitrogens with zero attached hydrogens (tertiary/aromatic N) is 1. The zero-order chi connectivity index (χ0) is 19.7. The van der Waals surface area contributed by atoms with Gasteiger partial charge in [-0.25, -0.2) is 4.39 Å². The van der Waals surface area contributed by atoms with Gasteiger partial charge in [-0.2, -0.15) is 0 Å². The lowest BCUT2D eigenvalue weighted by atomic mass is 10.2. The Balaban J connectivity index is 1.54. The van der Waals surface area contributed by atoms with E-state index in [0.29, 0.717) is 17.1 Å². The summed E-state index contributed by atoms with van der Waals surface area (Å²) in [6, 6.07) is 17.3. The zero-order valence-electron chi connectivity index (χ0n) is 14.4. The topological polar surface area (TPSA) is 50.5 Å². The molecule has 0 spiro atoms. The molecule has 1 aliphatic heterocycles. The van der Waals surface area contributed by atoms with Crippen molar-refractivity contribution >= 4 is 44.9 Å². The van der Waals surface area contributed by atoms with Crippen molar-refractivity contribution in [3.63, 3.8) is 0 Å². The van der Waals surface area contributed by atoms with E-state index in [2.05, 4.69) is 15.9 Å². The van der Waals surface area contributed by atoms with E-state index in [0.717, 1.165) is 26.7 Å². The van der Waals surface area contributed by atoms with E-state index in [-0.39, 0.29) is 11.4 Å². The molecule has 7 heteroatoms. The van der Waals surface area contributed by atoms with Gasteiger partial charge in [0.1, 0.15) is 17.3 Å². The number of hydrogen-bond donors (Lipinski definition) is 0. The fourth-order valence-corrected chi connectivity index (χ4v) is 3.84. The Morgan fingerprint density at radius 2 is 1.79 bits per heavy atom. The van der Waals surface area contributed by atoms with Gasteiger partial charge in [-0.15, -0.1) is 0 Å². The van der Waals surface area contributed by atoms with Gasteiger partial charge in [0.25, 0.3) is 11.1 Å². The van der Waals surface area contributed by atoms with E-state index in [4.69, 9.17) is 4.42 Å². The van der Waals surface area contributed by atoms with Gasteiger partial charge in [0, 0.05) is 21.7 Å². The summed E-state index contributed by atoms with van der Waals surface area (Å²) in [7, 11) is 0. The minimum Gasteiger partial charge on any atom is -0.457 e. The molecule has 1 aromatic heterocycles. The number of imide groups is 1. The van der Waals surface area contributed by atoms with Crippen LogP contribution < -0.4 is 0 Å². The summed E-state index contributed by atoms with van der Waals surface area (Å²) in [5, 5.41) is -0.431. The van der Waals surface area contributed by atoms with Gasteiger partial charge in [0.15, 0.2) is 0 Å². The molecule has 0 aliphatic carbocycles. The Labute approximate surface area is 173 Å². The van der Waals surface area contributed by atoms with Crippen LogP contribution in [0.5, 0.6) is 0 Å². The quantitative estimate of drug-likeness (QED) is 0.445. The van der Waals surface area contributed by atoms with Crippen LogP contribution in [0.4, 0.5) is 9.18 Å². The van der Waals surface area contributed by atoms with Crippen LogP contribution in [-0.2, 0) is 11.3 Å². The molecule has 0 saturated carbocycles. The van der Waals surface area contributed by atoms with Crippen LogP contribution in [-0.4, -0.2) is 16.0 Å². The summed E-state index contributed by atoms with van der Waals surface area (Å²) in [5.41, 5.74) is 1.19. The Kier molecular flexibility index (Phi) is 5.19. The number of thioether (sulfide) groups is 1. The monoisotopic (exact) mass is 457 g/mol. The number of carbonyl (C=O) groups excluding carboxylic acids is 2. The lowest BCUT2D eigenvalue weighted by Gasteiger charge is -2.12. The van der Waals surface area contributed by atoms with Crippen molar-refractivity contribution in [2.24, 2.45) is 0 Å². The van der Waals surface area contributed by atoms with Crippen molar-refractivity contribution in [2.75, 3.05) is 0 Å². The van der Waals surface area contributed by atoms with Crippen molar-refractivity contribution in [1.82, 2.24) is 4.90 Å². The van der Waals surface area contributed by atoms with Crippen LogP contribution in [0.15, 0.2) is 74.5 Å². The van der Waals surface area contributed by atoms with Gasteiger partial charge in [0.2, 0.25) is 0 Å². The number of hydrogen-bond acceptors (Lipinski definition) is 4. The minimum absolute atomic E-state index is 0.100. The summed E-state index contributed by atoms with van der Waals surface area (Å²) >= 11 is 4.21. The Morgan fingerprint density at radius 3 is 2.54 bits per heavy atom. The van der Waals surface area contributed by atoms with Crippen LogP contribution in [0.2, 0.25) is 0 Å². The maximum atomic E-state index is 13.8. The maximum absolute atomic E-state index is 13.8. The molecule has 28 heavy (non-hydrogen) atoms. The summed E-state index contributed by atoms with van der Waals surface area (Å²) in [5.74, 6) is 0.217. The van der Waals surface area contributed by atoms with Gasteiger partial charge in [-0.05, 0) is 42.1 Å². The lowest BCUT2D eigenvalue weighted by Crippen LogP contribution is -2.27. The van der Waals surface area contributed by atoms with Crippen molar-refractivity contribution < 1.29 is 18.4 Å². The molecular weight excluding hydrogens is 445 g/mol. The van der Waals surface area contributed by atoms with Crippen LogP contribution in [0, 0.1) is 5.82 Å². The molecule has 2 heterocycles. The number of rotatable bonds is 4. The molecule has 1 saturated heterocycles. The SMILES string of the molecule is O=C1S/C(=C/c2ccc(-c3ccc(Br)cc3)o2)C(=O)N1Cc1ccccc1F. The molecule has 0 radical (unpaired) electrons.